The van der Waals surface area contributed by atoms with Crippen LogP contribution in [0.3, 0.4) is 0 Å². The van der Waals surface area contributed by atoms with Crippen LogP contribution in [0.15, 0.2) is 47.8 Å². The van der Waals surface area contributed by atoms with Crippen molar-refractivity contribution in [1.29, 1.82) is 0 Å². The molecule has 0 radical (unpaired) electrons. The molecule has 1 saturated carbocycles. The van der Waals surface area contributed by atoms with E-state index < -0.39 is 0 Å². The maximum absolute atomic E-state index is 3.89. The summed E-state index contributed by atoms with van der Waals surface area (Å²) >= 11 is 1.89. The molecule has 1 fully saturated rings. The lowest BCUT2D eigenvalue weighted by Crippen LogP contribution is -2.29. The molecule has 1 N–H and O–H groups in total. The molecule has 1 heterocycles. The smallest absolute Gasteiger partial charge is 0.0448 e. The molecule has 0 spiro atoms. The number of thiophene rings is 1. The van der Waals surface area contributed by atoms with Gasteiger partial charge < -0.3 is 5.32 Å². The van der Waals surface area contributed by atoms with E-state index in [1.807, 2.05) is 11.3 Å². The molecule has 1 aromatic heterocycles. The van der Waals surface area contributed by atoms with E-state index in [0.29, 0.717) is 12.1 Å². The Balaban J connectivity index is 1.76. The van der Waals surface area contributed by atoms with E-state index in [0.717, 1.165) is 5.92 Å². The van der Waals surface area contributed by atoms with Crippen LogP contribution in [0.4, 0.5) is 0 Å². The number of hydrogen-bond acceptors (Lipinski definition) is 2. The summed E-state index contributed by atoms with van der Waals surface area (Å²) < 4.78 is 0. The van der Waals surface area contributed by atoms with E-state index in [-0.39, 0.29) is 0 Å². The van der Waals surface area contributed by atoms with Crippen LogP contribution in [-0.4, -0.2) is 0 Å². The largest absolute Gasteiger partial charge is 0.302 e. The fourth-order valence-corrected chi connectivity index (χ4v) is 4.20. The predicted molar refractivity (Wildman–Crippen MR) is 87.0 cm³/mol. The summed E-state index contributed by atoms with van der Waals surface area (Å²) in [6.45, 7) is 2.28. The molecule has 0 bridgehead atoms. The zero-order chi connectivity index (χ0) is 13.8. The summed E-state index contributed by atoms with van der Waals surface area (Å²) in [5.74, 6) is 0.805. The minimum absolute atomic E-state index is 0.406. The maximum atomic E-state index is 3.89. The van der Waals surface area contributed by atoms with Gasteiger partial charge in [0.05, 0.1) is 0 Å². The minimum Gasteiger partial charge on any atom is -0.302 e. The van der Waals surface area contributed by atoms with Gasteiger partial charge >= 0.3 is 0 Å². The number of benzene rings is 1. The van der Waals surface area contributed by atoms with Crippen molar-refractivity contribution in [2.45, 2.75) is 44.7 Å². The van der Waals surface area contributed by atoms with Crippen LogP contribution in [0.2, 0.25) is 0 Å². The standard InChI is InChI=1S/C18H23NS/c1-14(15-8-3-2-4-9-15)19-18(16-10-5-6-11-16)17-12-7-13-20-17/h2-4,7-9,12-14,16,18-19H,5-6,10-11H2,1H3/t14-,18?/m1/s1. The Morgan fingerprint density at radius 1 is 1.05 bits per heavy atom. The Kier molecular flexibility index (Phi) is 4.54. The minimum atomic E-state index is 0.406. The summed E-state index contributed by atoms with van der Waals surface area (Å²) in [4.78, 5) is 1.50. The van der Waals surface area contributed by atoms with Crippen LogP contribution in [0.25, 0.3) is 0 Å². The van der Waals surface area contributed by atoms with Crippen LogP contribution < -0.4 is 5.32 Å². The van der Waals surface area contributed by atoms with Crippen LogP contribution in [0, 0.1) is 5.92 Å². The van der Waals surface area contributed by atoms with Gasteiger partial charge in [-0.1, -0.05) is 49.2 Å². The van der Waals surface area contributed by atoms with Gasteiger partial charge in [-0.25, -0.2) is 0 Å². The normalized spacial score (nSPS) is 19.1. The van der Waals surface area contributed by atoms with Crippen molar-refractivity contribution < 1.29 is 0 Å². The molecule has 1 aliphatic rings. The molecule has 2 aromatic rings. The fourth-order valence-electron chi connectivity index (χ4n) is 3.32. The van der Waals surface area contributed by atoms with E-state index in [1.165, 1.54) is 36.1 Å². The highest BCUT2D eigenvalue weighted by Gasteiger charge is 2.28. The van der Waals surface area contributed by atoms with Gasteiger partial charge in [-0.05, 0) is 42.7 Å². The highest BCUT2D eigenvalue weighted by atomic mass is 32.1. The second-order valence-corrected chi connectivity index (χ2v) is 6.82. The van der Waals surface area contributed by atoms with Crippen molar-refractivity contribution in [3.63, 3.8) is 0 Å². The van der Waals surface area contributed by atoms with Gasteiger partial charge in [-0.2, -0.15) is 0 Å². The van der Waals surface area contributed by atoms with Crippen LogP contribution in [0.5, 0.6) is 0 Å². The summed E-state index contributed by atoms with van der Waals surface area (Å²) in [6, 6.07) is 16.2. The molecule has 1 unspecified atom stereocenters. The lowest BCUT2D eigenvalue weighted by molar-refractivity contribution is 0.343. The van der Waals surface area contributed by atoms with Crippen LogP contribution in [0.1, 0.15) is 55.1 Å². The second-order valence-electron chi connectivity index (χ2n) is 5.84. The summed E-state index contributed by atoms with van der Waals surface area (Å²) in [7, 11) is 0. The summed E-state index contributed by atoms with van der Waals surface area (Å²) in [6.07, 6.45) is 5.54. The number of rotatable bonds is 5. The molecule has 1 aromatic carbocycles. The molecule has 2 atom stereocenters. The SMILES string of the molecule is C[C@@H](NC(c1cccs1)C1CCCC1)c1ccccc1. The molecule has 20 heavy (non-hydrogen) atoms. The molecule has 0 saturated heterocycles. The molecule has 3 rings (SSSR count). The lowest BCUT2D eigenvalue weighted by Gasteiger charge is -2.28. The number of hydrogen-bond donors (Lipinski definition) is 1. The highest BCUT2D eigenvalue weighted by molar-refractivity contribution is 7.10. The quantitative estimate of drug-likeness (QED) is 0.783. The van der Waals surface area contributed by atoms with Gasteiger partial charge in [0, 0.05) is 17.0 Å². The first-order valence-electron chi connectivity index (χ1n) is 7.69. The first-order chi connectivity index (χ1) is 9.84. The van der Waals surface area contributed by atoms with Crippen molar-refractivity contribution in [2.24, 2.45) is 5.92 Å². The Hall–Kier alpha value is -1.12. The fraction of sp³-hybridized carbons (Fsp3) is 0.444. The molecular weight excluding hydrogens is 262 g/mol. The zero-order valence-corrected chi connectivity index (χ0v) is 12.9. The molecular formula is C18H23NS. The van der Waals surface area contributed by atoms with E-state index in [9.17, 15) is 0 Å². The van der Waals surface area contributed by atoms with Gasteiger partial charge in [-0.3, -0.25) is 0 Å². The summed E-state index contributed by atoms with van der Waals surface area (Å²) in [5, 5.41) is 6.09. The average molecular weight is 285 g/mol. The Labute approximate surface area is 126 Å². The predicted octanol–water partition coefficient (Wildman–Crippen LogP) is 5.33. The van der Waals surface area contributed by atoms with Gasteiger partial charge in [0.25, 0.3) is 0 Å². The van der Waals surface area contributed by atoms with Crippen LogP contribution in [-0.2, 0) is 0 Å². The first kappa shape index (κ1) is 13.8. The highest BCUT2D eigenvalue weighted by Crippen LogP contribution is 2.38. The van der Waals surface area contributed by atoms with Crippen molar-refractivity contribution in [2.75, 3.05) is 0 Å². The number of nitrogens with one attached hydrogen (secondary N) is 1. The Bertz CT molecular complexity index is 499. The van der Waals surface area contributed by atoms with E-state index in [2.05, 4.69) is 60.1 Å². The third kappa shape index (κ3) is 3.13. The van der Waals surface area contributed by atoms with Gasteiger partial charge in [0.15, 0.2) is 0 Å². The zero-order valence-electron chi connectivity index (χ0n) is 12.1. The molecule has 0 aliphatic heterocycles. The monoisotopic (exact) mass is 285 g/mol. The molecule has 1 nitrogen and oxygen atoms in total. The molecule has 1 aliphatic carbocycles. The van der Waals surface area contributed by atoms with Crippen molar-refractivity contribution in [3.8, 4) is 0 Å². The van der Waals surface area contributed by atoms with Crippen molar-refractivity contribution >= 4 is 11.3 Å². The first-order valence-corrected chi connectivity index (χ1v) is 8.57. The topological polar surface area (TPSA) is 12.0 Å². The third-order valence-corrected chi connectivity index (χ3v) is 5.41. The molecule has 0 amide bonds. The maximum Gasteiger partial charge on any atom is 0.0448 e. The summed E-state index contributed by atoms with van der Waals surface area (Å²) in [5.41, 5.74) is 1.38. The molecule has 2 heteroatoms. The van der Waals surface area contributed by atoms with Gasteiger partial charge in [0.2, 0.25) is 0 Å². The van der Waals surface area contributed by atoms with Gasteiger partial charge in [-0.15, -0.1) is 11.3 Å². The molecule has 106 valence electrons. The van der Waals surface area contributed by atoms with E-state index in [1.54, 1.807) is 0 Å². The van der Waals surface area contributed by atoms with E-state index >= 15 is 0 Å². The Morgan fingerprint density at radius 3 is 2.45 bits per heavy atom. The van der Waals surface area contributed by atoms with Crippen molar-refractivity contribution in [3.05, 3.63) is 58.3 Å². The van der Waals surface area contributed by atoms with E-state index in [4.69, 9.17) is 0 Å². The van der Waals surface area contributed by atoms with Gasteiger partial charge in [0.1, 0.15) is 0 Å². The lowest BCUT2D eigenvalue weighted by atomic mass is 9.95. The van der Waals surface area contributed by atoms with Crippen LogP contribution >= 0.6 is 11.3 Å². The second kappa shape index (κ2) is 6.55. The Morgan fingerprint density at radius 2 is 1.80 bits per heavy atom. The average Bonchev–Trinajstić information content (AvgIpc) is 3.19. The third-order valence-electron chi connectivity index (χ3n) is 4.45. The van der Waals surface area contributed by atoms with Crippen molar-refractivity contribution in [1.82, 2.24) is 5.32 Å².